The van der Waals surface area contributed by atoms with Crippen LogP contribution in [-0.4, -0.2) is 19.1 Å². The van der Waals surface area contributed by atoms with E-state index < -0.39 is 12.0 Å². The Morgan fingerprint density at radius 1 is 1.09 bits per heavy atom. The molecule has 2 aromatic rings. The summed E-state index contributed by atoms with van der Waals surface area (Å²) in [6.45, 7) is 0. The molecule has 0 aromatic heterocycles. The highest BCUT2D eigenvalue weighted by Crippen LogP contribution is 2.22. The van der Waals surface area contributed by atoms with Crippen LogP contribution in [0.3, 0.4) is 0 Å². The van der Waals surface area contributed by atoms with Crippen molar-refractivity contribution >= 4 is 57.6 Å². The molecule has 0 unspecified atom stereocenters. The molecule has 0 radical (unpaired) electrons. The van der Waals surface area contributed by atoms with Crippen molar-refractivity contribution in [1.29, 1.82) is 0 Å². The quantitative estimate of drug-likeness (QED) is 0.561. The smallest absolute Gasteiger partial charge is 0.340 e. The van der Waals surface area contributed by atoms with Crippen LogP contribution in [0.4, 0.5) is 16.2 Å². The van der Waals surface area contributed by atoms with Gasteiger partial charge in [0.05, 0.1) is 24.0 Å². The maximum Gasteiger partial charge on any atom is 0.340 e. The molecule has 5 nitrogen and oxygen atoms in total. The molecule has 0 fully saturated rings. The maximum atomic E-state index is 12.1. The van der Waals surface area contributed by atoms with Gasteiger partial charge in [-0.1, -0.05) is 23.7 Å². The van der Waals surface area contributed by atoms with Crippen LogP contribution >= 0.6 is 34.2 Å². The van der Waals surface area contributed by atoms with Gasteiger partial charge in [-0.15, -0.1) is 0 Å². The van der Waals surface area contributed by atoms with E-state index in [0.29, 0.717) is 16.4 Å². The highest BCUT2D eigenvalue weighted by atomic mass is 127. The van der Waals surface area contributed by atoms with E-state index >= 15 is 0 Å². The molecule has 0 heterocycles. The van der Waals surface area contributed by atoms with Gasteiger partial charge in [0.2, 0.25) is 0 Å². The van der Waals surface area contributed by atoms with E-state index in [1.807, 2.05) is 18.2 Å². The van der Waals surface area contributed by atoms with Gasteiger partial charge in [0.1, 0.15) is 0 Å². The molecule has 2 amide bonds. The maximum absolute atomic E-state index is 12.1. The standard InChI is InChI=1S/C15H12ClIN2O3/c1-22-14(20)10-8-9(16)6-7-12(10)18-15(21)19-13-5-3-2-4-11(13)17/h2-8H,1H3,(H2,18,19,21). The van der Waals surface area contributed by atoms with Gasteiger partial charge < -0.3 is 15.4 Å². The predicted molar refractivity (Wildman–Crippen MR) is 94.6 cm³/mol. The number of carbonyl (C=O) groups excluding carboxylic acids is 2. The Balaban J connectivity index is 2.18. The van der Waals surface area contributed by atoms with Crippen LogP contribution in [0, 0.1) is 3.57 Å². The summed E-state index contributed by atoms with van der Waals surface area (Å²) in [7, 11) is 1.26. The van der Waals surface area contributed by atoms with Gasteiger partial charge in [-0.05, 0) is 52.9 Å². The lowest BCUT2D eigenvalue weighted by molar-refractivity contribution is 0.0602. The van der Waals surface area contributed by atoms with Gasteiger partial charge in [-0.25, -0.2) is 9.59 Å². The van der Waals surface area contributed by atoms with E-state index in [4.69, 9.17) is 11.6 Å². The summed E-state index contributed by atoms with van der Waals surface area (Å²) >= 11 is 7.99. The number of hydrogen-bond donors (Lipinski definition) is 2. The Morgan fingerprint density at radius 2 is 1.77 bits per heavy atom. The third-order valence-electron chi connectivity index (χ3n) is 2.76. The second-order valence-electron chi connectivity index (χ2n) is 4.24. The number of benzene rings is 2. The fraction of sp³-hybridized carbons (Fsp3) is 0.0667. The first-order valence-corrected chi connectivity index (χ1v) is 7.67. The first-order valence-electron chi connectivity index (χ1n) is 6.21. The molecule has 114 valence electrons. The van der Waals surface area contributed by atoms with Crippen molar-refractivity contribution in [2.24, 2.45) is 0 Å². The lowest BCUT2D eigenvalue weighted by Crippen LogP contribution is -2.21. The van der Waals surface area contributed by atoms with Crippen molar-refractivity contribution < 1.29 is 14.3 Å². The number of para-hydroxylation sites is 1. The molecule has 0 spiro atoms. The van der Waals surface area contributed by atoms with Gasteiger partial charge in [0.15, 0.2) is 0 Å². The van der Waals surface area contributed by atoms with Crippen molar-refractivity contribution in [3.8, 4) is 0 Å². The molecule has 0 atom stereocenters. The number of rotatable bonds is 3. The minimum Gasteiger partial charge on any atom is -0.465 e. The fourth-order valence-electron chi connectivity index (χ4n) is 1.74. The summed E-state index contributed by atoms with van der Waals surface area (Å²) in [6.07, 6.45) is 0. The summed E-state index contributed by atoms with van der Waals surface area (Å²) in [5, 5.41) is 5.71. The molecule has 7 heteroatoms. The van der Waals surface area contributed by atoms with Gasteiger partial charge >= 0.3 is 12.0 Å². The minimum atomic E-state index is -0.577. The topological polar surface area (TPSA) is 67.4 Å². The monoisotopic (exact) mass is 430 g/mol. The third-order valence-corrected chi connectivity index (χ3v) is 3.93. The van der Waals surface area contributed by atoms with Crippen molar-refractivity contribution in [2.45, 2.75) is 0 Å². The number of urea groups is 1. The molecule has 2 aromatic carbocycles. The average molecular weight is 431 g/mol. The zero-order valence-corrected chi connectivity index (χ0v) is 14.4. The molecule has 0 aliphatic carbocycles. The van der Waals surface area contributed by atoms with E-state index in [0.717, 1.165) is 3.57 Å². The number of carbonyl (C=O) groups is 2. The summed E-state index contributed by atoms with van der Waals surface area (Å²) in [5.41, 5.74) is 1.18. The first kappa shape index (κ1) is 16.6. The lowest BCUT2D eigenvalue weighted by atomic mass is 10.2. The number of halogens is 2. The normalized spacial score (nSPS) is 9.95. The molecule has 2 rings (SSSR count). The molecule has 0 bridgehead atoms. The van der Waals surface area contributed by atoms with E-state index in [-0.39, 0.29) is 5.56 Å². The number of methoxy groups -OCH3 is 1. The Kier molecular flexibility index (Phi) is 5.62. The second-order valence-corrected chi connectivity index (χ2v) is 5.84. The Bertz CT molecular complexity index is 722. The van der Waals surface area contributed by atoms with Crippen molar-refractivity contribution in [3.05, 3.63) is 56.6 Å². The average Bonchev–Trinajstić information content (AvgIpc) is 2.50. The van der Waals surface area contributed by atoms with Crippen LogP contribution in [0.5, 0.6) is 0 Å². The summed E-state index contributed by atoms with van der Waals surface area (Å²) in [4.78, 5) is 23.8. The van der Waals surface area contributed by atoms with Crippen LogP contribution in [-0.2, 0) is 4.74 Å². The van der Waals surface area contributed by atoms with Crippen molar-refractivity contribution in [1.82, 2.24) is 0 Å². The molecule has 0 saturated carbocycles. The SMILES string of the molecule is COC(=O)c1cc(Cl)ccc1NC(=O)Nc1ccccc1I. The van der Waals surface area contributed by atoms with E-state index in [9.17, 15) is 9.59 Å². The van der Waals surface area contributed by atoms with Crippen LogP contribution in [0.1, 0.15) is 10.4 Å². The van der Waals surface area contributed by atoms with Gasteiger partial charge in [-0.2, -0.15) is 0 Å². The largest absolute Gasteiger partial charge is 0.465 e. The minimum absolute atomic E-state index is 0.188. The number of hydrogen-bond acceptors (Lipinski definition) is 3. The molecule has 22 heavy (non-hydrogen) atoms. The molecular weight excluding hydrogens is 419 g/mol. The van der Waals surface area contributed by atoms with Gasteiger partial charge in [0.25, 0.3) is 0 Å². The number of anilines is 2. The third kappa shape index (κ3) is 4.11. The predicted octanol–water partition coefficient (Wildman–Crippen LogP) is 4.38. The highest BCUT2D eigenvalue weighted by Gasteiger charge is 2.15. The van der Waals surface area contributed by atoms with E-state index in [1.54, 1.807) is 18.2 Å². The molecule has 0 saturated heterocycles. The summed E-state index contributed by atoms with van der Waals surface area (Å²) in [5.74, 6) is -0.577. The molecule has 0 aliphatic rings. The van der Waals surface area contributed by atoms with E-state index in [2.05, 4.69) is 38.0 Å². The molecular formula is C15H12ClIN2O3. The fourth-order valence-corrected chi connectivity index (χ4v) is 2.44. The van der Waals surface area contributed by atoms with Crippen LogP contribution in [0.15, 0.2) is 42.5 Å². The van der Waals surface area contributed by atoms with E-state index in [1.165, 1.54) is 13.2 Å². The van der Waals surface area contributed by atoms with Crippen molar-refractivity contribution in [2.75, 3.05) is 17.7 Å². The van der Waals surface area contributed by atoms with Crippen LogP contribution < -0.4 is 10.6 Å². The summed E-state index contributed by atoms with van der Waals surface area (Å²) < 4.78 is 5.58. The number of nitrogens with one attached hydrogen (secondary N) is 2. The Labute approximate surface area is 146 Å². The zero-order chi connectivity index (χ0) is 16.1. The summed E-state index contributed by atoms with van der Waals surface area (Å²) in [6, 6.07) is 11.5. The number of amides is 2. The number of ether oxygens (including phenoxy) is 1. The number of esters is 1. The first-order chi connectivity index (χ1) is 10.5. The van der Waals surface area contributed by atoms with Gasteiger partial charge in [-0.3, -0.25) is 0 Å². The second kappa shape index (κ2) is 7.46. The lowest BCUT2D eigenvalue weighted by Gasteiger charge is -2.12. The van der Waals surface area contributed by atoms with Crippen LogP contribution in [0.2, 0.25) is 5.02 Å². The van der Waals surface area contributed by atoms with Gasteiger partial charge in [0, 0.05) is 8.59 Å². The zero-order valence-electron chi connectivity index (χ0n) is 11.5. The molecule has 0 aliphatic heterocycles. The van der Waals surface area contributed by atoms with Crippen molar-refractivity contribution in [3.63, 3.8) is 0 Å². The highest BCUT2D eigenvalue weighted by molar-refractivity contribution is 14.1. The Hall–Kier alpha value is -1.80. The van der Waals surface area contributed by atoms with Crippen LogP contribution in [0.25, 0.3) is 0 Å². The molecule has 2 N–H and O–H groups in total. The Morgan fingerprint density at radius 3 is 2.45 bits per heavy atom.